The molecule has 5 heteroatoms. The summed E-state index contributed by atoms with van der Waals surface area (Å²) in [4.78, 5) is 25.4. The number of hydrogen-bond donors (Lipinski definition) is 2. The van der Waals surface area contributed by atoms with Gasteiger partial charge in [-0.2, -0.15) is 0 Å². The average molecular weight is 270 g/mol. The molecule has 1 aliphatic heterocycles. The summed E-state index contributed by atoms with van der Waals surface area (Å²) in [5, 5.41) is 12.1. The van der Waals surface area contributed by atoms with Crippen LogP contribution in [0.25, 0.3) is 0 Å². The number of aliphatic hydroxyl groups is 1. The van der Waals surface area contributed by atoms with Crippen LogP contribution in [-0.2, 0) is 9.59 Å². The summed E-state index contributed by atoms with van der Waals surface area (Å²) in [7, 11) is 0. The lowest BCUT2D eigenvalue weighted by Crippen LogP contribution is -2.53. The van der Waals surface area contributed by atoms with E-state index >= 15 is 0 Å². The minimum Gasteiger partial charge on any atom is -0.396 e. The molecule has 1 fully saturated rings. The maximum absolute atomic E-state index is 11.8. The zero-order chi connectivity index (χ0) is 14.4. The lowest BCUT2D eigenvalue weighted by atomic mass is 9.91. The summed E-state index contributed by atoms with van der Waals surface area (Å²) in [6.45, 7) is 6.98. The molecule has 0 aliphatic carbocycles. The molecule has 2 unspecified atom stereocenters. The third kappa shape index (κ3) is 4.82. The van der Waals surface area contributed by atoms with E-state index in [4.69, 9.17) is 5.11 Å². The molecule has 0 radical (unpaired) electrons. The number of likely N-dealkylation sites (tertiary alicyclic amines) is 1. The van der Waals surface area contributed by atoms with Gasteiger partial charge in [0, 0.05) is 38.1 Å². The van der Waals surface area contributed by atoms with Crippen molar-refractivity contribution in [2.24, 2.45) is 11.8 Å². The van der Waals surface area contributed by atoms with Crippen LogP contribution < -0.4 is 5.32 Å². The van der Waals surface area contributed by atoms with Gasteiger partial charge in [-0.05, 0) is 18.8 Å². The number of rotatable bonds is 5. The first kappa shape index (κ1) is 16.0. The Morgan fingerprint density at radius 3 is 2.58 bits per heavy atom. The van der Waals surface area contributed by atoms with Crippen LogP contribution in [0.15, 0.2) is 0 Å². The Labute approximate surface area is 115 Å². The molecular formula is C14H26N2O3. The molecule has 0 aromatic heterocycles. The molecule has 2 N–H and O–H groups in total. The number of carbonyl (C=O) groups excluding carboxylic acids is 2. The minimum atomic E-state index is -0.0476. The molecule has 2 amide bonds. The van der Waals surface area contributed by atoms with Crippen molar-refractivity contribution in [3.63, 3.8) is 0 Å². The predicted octanol–water partition coefficient (Wildman–Crippen LogP) is 0.768. The van der Waals surface area contributed by atoms with Crippen molar-refractivity contribution in [2.45, 2.75) is 46.1 Å². The molecule has 19 heavy (non-hydrogen) atoms. The summed E-state index contributed by atoms with van der Waals surface area (Å²) in [5.41, 5.74) is 0. The van der Waals surface area contributed by atoms with E-state index in [0.717, 1.165) is 6.42 Å². The summed E-state index contributed by atoms with van der Waals surface area (Å²) >= 11 is 0. The van der Waals surface area contributed by atoms with E-state index in [-0.39, 0.29) is 36.3 Å². The fourth-order valence-corrected chi connectivity index (χ4v) is 2.50. The maximum atomic E-state index is 11.8. The van der Waals surface area contributed by atoms with E-state index in [0.29, 0.717) is 25.9 Å². The summed E-state index contributed by atoms with van der Waals surface area (Å²) in [6.07, 6.45) is 2.00. The fourth-order valence-electron chi connectivity index (χ4n) is 2.50. The van der Waals surface area contributed by atoms with Gasteiger partial charge in [0.15, 0.2) is 0 Å². The van der Waals surface area contributed by atoms with Gasteiger partial charge >= 0.3 is 0 Å². The second kappa shape index (κ2) is 7.48. The smallest absolute Gasteiger partial charge is 0.222 e. The average Bonchev–Trinajstić information content (AvgIpc) is 2.37. The molecule has 0 spiro atoms. The SMILES string of the molecule is CCC(=O)N1CC(CCO)CC(NC(=O)C(C)C)C1. The van der Waals surface area contributed by atoms with Crippen molar-refractivity contribution in [1.29, 1.82) is 0 Å². The van der Waals surface area contributed by atoms with Crippen LogP contribution >= 0.6 is 0 Å². The molecule has 1 aliphatic rings. The molecule has 110 valence electrons. The number of nitrogens with zero attached hydrogens (tertiary/aromatic N) is 1. The number of hydrogen-bond acceptors (Lipinski definition) is 3. The molecule has 0 aromatic rings. The standard InChI is InChI=1S/C14H26N2O3/c1-4-13(18)16-8-11(5-6-17)7-12(9-16)15-14(19)10(2)3/h10-12,17H,4-9H2,1-3H3,(H,15,19). The van der Waals surface area contributed by atoms with E-state index in [1.54, 1.807) is 0 Å². The van der Waals surface area contributed by atoms with Crippen LogP contribution in [0.5, 0.6) is 0 Å². The van der Waals surface area contributed by atoms with Crippen LogP contribution in [0.4, 0.5) is 0 Å². The topological polar surface area (TPSA) is 69.6 Å². The highest BCUT2D eigenvalue weighted by Gasteiger charge is 2.30. The van der Waals surface area contributed by atoms with Crippen molar-refractivity contribution < 1.29 is 14.7 Å². The Hall–Kier alpha value is -1.10. The molecule has 0 bridgehead atoms. The third-order valence-corrected chi connectivity index (χ3v) is 3.60. The fraction of sp³-hybridized carbons (Fsp3) is 0.857. The highest BCUT2D eigenvalue weighted by Crippen LogP contribution is 2.20. The van der Waals surface area contributed by atoms with Gasteiger partial charge in [-0.1, -0.05) is 20.8 Å². The number of aliphatic hydroxyl groups excluding tert-OH is 1. The van der Waals surface area contributed by atoms with E-state index < -0.39 is 0 Å². The van der Waals surface area contributed by atoms with Crippen LogP contribution in [0.1, 0.15) is 40.0 Å². The van der Waals surface area contributed by atoms with Gasteiger partial charge in [0.1, 0.15) is 0 Å². The first-order chi connectivity index (χ1) is 8.97. The Bertz CT molecular complexity index is 318. The second-order valence-electron chi connectivity index (χ2n) is 5.63. The highest BCUT2D eigenvalue weighted by molar-refractivity contribution is 5.79. The van der Waals surface area contributed by atoms with Gasteiger partial charge in [-0.3, -0.25) is 9.59 Å². The molecule has 0 aromatic carbocycles. The number of amides is 2. The molecule has 0 saturated carbocycles. The first-order valence-electron chi connectivity index (χ1n) is 7.16. The minimum absolute atomic E-state index is 0.00991. The zero-order valence-corrected chi connectivity index (χ0v) is 12.2. The van der Waals surface area contributed by atoms with Crippen LogP contribution in [0, 0.1) is 11.8 Å². The molecule has 1 heterocycles. The van der Waals surface area contributed by atoms with Gasteiger partial charge in [-0.15, -0.1) is 0 Å². The Balaban J connectivity index is 2.64. The first-order valence-corrected chi connectivity index (χ1v) is 7.16. The van der Waals surface area contributed by atoms with E-state index in [9.17, 15) is 9.59 Å². The van der Waals surface area contributed by atoms with Gasteiger partial charge < -0.3 is 15.3 Å². The van der Waals surface area contributed by atoms with Crippen LogP contribution in [0.2, 0.25) is 0 Å². The van der Waals surface area contributed by atoms with Gasteiger partial charge in [0.25, 0.3) is 0 Å². The predicted molar refractivity (Wildman–Crippen MR) is 73.4 cm³/mol. The van der Waals surface area contributed by atoms with Crippen LogP contribution in [-0.4, -0.2) is 47.6 Å². The maximum Gasteiger partial charge on any atom is 0.222 e. The Morgan fingerprint density at radius 2 is 2.05 bits per heavy atom. The third-order valence-electron chi connectivity index (χ3n) is 3.60. The van der Waals surface area contributed by atoms with Crippen LogP contribution in [0.3, 0.4) is 0 Å². The van der Waals surface area contributed by atoms with Gasteiger partial charge in [-0.25, -0.2) is 0 Å². The zero-order valence-electron chi connectivity index (χ0n) is 12.2. The number of nitrogens with one attached hydrogen (secondary N) is 1. The summed E-state index contributed by atoms with van der Waals surface area (Å²) in [6, 6.07) is 0.00991. The second-order valence-corrected chi connectivity index (χ2v) is 5.63. The lowest BCUT2D eigenvalue weighted by molar-refractivity contribution is -0.135. The van der Waals surface area contributed by atoms with Crippen molar-refractivity contribution in [1.82, 2.24) is 10.2 Å². The highest BCUT2D eigenvalue weighted by atomic mass is 16.3. The molecule has 5 nitrogen and oxygen atoms in total. The van der Waals surface area contributed by atoms with Crippen molar-refractivity contribution in [3.8, 4) is 0 Å². The number of carbonyl (C=O) groups is 2. The number of piperidine rings is 1. The lowest BCUT2D eigenvalue weighted by Gasteiger charge is -2.38. The van der Waals surface area contributed by atoms with E-state index in [1.807, 2.05) is 25.7 Å². The van der Waals surface area contributed by atoms with Crippen molar-refractivity contribution in [2.75, 3.05) is 19.7 Å². The molecule has 1 saturated heterocycles. The monoisotopic (exact) mass is 270 g/mol. The Kier molecular flexibility index (Phi) is 6.28. The largest absolute Gasteiger partial charge is 0.396 e. The van der Waals surface area contributed by atoms with Gasteiger partial charge in [0.2, 0.25) is 11.8 Å². The molecule has 1 rings (SSSR count). The summed E-state index contributed by atoms with van der Waals surface area (Å²) in [5.74, 6) is 0.366. The quantitative estimate of drug-likeness (QED) is 0.775. The molecular weight excluding hydrogens is 244 g/mol. The van der Waals surface area contributed by atoms with Crippen molar-refractivity contribution >= 4 is 11.8 Å². The van der Waals surface area contributed by atoms with E-state index in [1.165, 1.54) is 0 Å². The van der Waals surface area contributed by atoms with Crippen molar-refractivity contribution in [3.05, 3.63) is 0 Å². The summed E-state index contributed by atoms with van der Waals surface area (Å²) < 4.78 is 0. The van der Waals surface area contributed by atoms with Gasteiger partial charge in [0.05, 0.1) is 0 Å². The molecule has 2 atom stereocenters. The van der Waals surface area contributed by atoms with E-state index in [2.05, 4.69) is 5.32 Å². The normalized spacial score (nSPS) is 23.5. The Morgan fingerprint density at radius 1 is 1.37 bits per heavy atom.